The molecule has 0 aliphatic carbocycles. The highest BCUT2D eigenvalue weighted by molar-refractivity contribution is 5.14. The third-order valence-corrected chi connectivity index (χ3v) is 2.20. The summed E-state index contributed by atoms with van der Waals surface area (Å²) in [6.45, 7) is 3.53. The minimum Gasteiger partial charge on any atom is -0.237 e. The van der Waals surface area contributed by atoms with Crippen LogP contribution in [0.15, 0.2) is 30.3 Å². The van der Waals surface area contributed by atoms with Crippen molar-refractivity contribution in [3.8, 4) is 0 Å². The van der Waals surface area contributed by atoms with E-state index in [-0.39, 0.29) is 0 Å². The highest BCUT2D eigenvalue weighted by atomic mass is 17.2. The van der Waals surface area contributed by atoms with E-state index in [2.05, 4.69) is 31.2 Å². The maximum absolute atomic E-state index is 5.06. The van der Waals surface area contributed by atoms with Gasteiger partial charge in [-0.1, -0.05) is 43.7 Å². The maximum Gasteiger partial charge on any atom is 0.0825 e. The van der Waals surface area contributed by atoms with Crippen molar-refractivity contribution in [2.45, 2.75) is 32.6 Å². The lowest BCUT2D eigenvalue weighted by atomic mass is 10.1. The topological polar surface area (TPSA) is 18.5 Å². The largest absolute Gasteiger partial charge is 0.237 e. The van der Waals surface area contributed by atoms with E-state index < -0.39 is 0 Å². The SMILES string of the molecule is CCCCOOCCCc1ccccc1. The Hall–Kier alpha value is -0.860. The number of hydrogen-bond acceptors (Lipinski definition) is 2. The molecule has 0 radical (unpaired) electrons. The Labute approximate surface area is 92.1 Å². The van der Waals surface area contributed by atoms with E-state index in [4.69, 9.17) is 9.78 Å². The first-order valence-electron chi connectivity index (χ1n) is 5.72. The van der Waals surface area contributed by atoms with Crippen LogP contribution in [0, 0.1) is 0 Å². The molecule has 1 aromatic rings. The van der Waals surface area contributed by atoms with E-state index in [9.17, 15) is 0 Å². The Kier molecular flexibility index (Phi) is 6.88. The smallest absolute Gasteiger partial charge is 0.0825 e. The van der Waals surface area contributed by atoms with Gasteiger partial charge in [0.2, 0.25) is 0 Å². The number of rotatable bonds is 8. The second-order valence-electron chi connectivity index (χ2n) is 3.59. The highest BCUT2D eigenvalue weighted by Gasteiger charge is 1.93. The van der Waals surface area contributed by atoms with E-state index in [0.29, 0.717) is 13.2 Å². The summed E-state index contributed by atoms with van der Waals surface area (Å²) in [6.07, 6.45) is 4.28. The van der Waals surface area contributed by atoms with Gasteiger partial charge in [-0.2, -0.15) is 0 Å². The van der Waals surface area contributed by atoms with Gasteiger partial charge in [-0.3, -0.25) is 0 Å². The predicted molar refractivity (Wildman–Crippen MR) is 61.6 cm³/mol. The Balaban J connectivity index is 1.93. The van der Waals surface area contributed by atoms with Gasteiger partial charge in [0.25, 0.3) is 0 Å². The fraction of sp³-hybridized carbons (Fsp3) is 0.538. The molecular formula is C13H20O2. The Morgan fingerprint density at radius 1 is 0.933 bits per heavy atom. The number of aryl methyl sites for hydroxylation is 1. The summed E-state index contributed by atoms with van der Waals surface area (Å²) in [7, 11) is 0. The van der Waals surface area contributed by atoms with Crippen LogP contribution in [0.3, 0.4) is 0 Å². The van der Waals surface area contributed by atoms with Crippen molar-refractivity contribution < 1.29 is 9.78 Å². The third-order valence-electron chi connectivity index (χ3n) is 2.20. The van der Waals surface area contributed by atoms with Crippen molar-refractivity contribution >= 4 is 0 Å². The molecule has 0 atom stereocenters. The van der Waals surface area contributed by atoms with E-state index in [0.717, 1.165) is 25.7 Å². The van der Waals surface area contributed by atoms with Gasteiger partial charge >= 0.3 is 0 Å². The Morgan fingerprint density at radius 2 is 1.60 bits per heavy atom. The molecule has 84 valence electrons. The van der Waals surface area contributed by atoms with Crippen molar-refractivity contribution in [3.63, 3.8) is 0 Å². The van der Waals surface area contributed by atoms with Crippen LogP contribution in [0.5, 0.6) is 0 Å². The van der Waals surface area contributed by atoms with Crippen LogP contribution in [-0.2, 0) is 16.2 Å². The molecule has 0 saturated carbocycles. The minimum atomic E-state index is 0.679. The zero-order chi connectivity index (χ0) is 10.8. The molecule has 0 N–H and O–H groups in total. The Morgan fingerprint density at radius 3 is 2.27 bits per heavy atom. The number of benzene rings is 1. The van der Waals surface area contributed by atoms with Crippen molar-refractivity contribution in [2.75, 3.05) is 13.2 Å². The zero-order valence-corrected chi connectivity index (χ0v) is 9.45. The van der Waals surface area contributed by atoms with Gasteiger partial charge < -0.3 is 0 Å². The van der Waals surface area contributed by atoms with Gasteiger partial charge in [0.15, 0.2) is 0 Å². The predicted octanol–water partition coefficient (Wildman–Crippen LogP) is 3.37. The molecule has 0 aliphatic heterocycles. The molecular weight excluding hydrogens is 188 g/mol. The Bertz CT molecular complexity index is 234. The fourth-order valence-corrected chi connectivity index (χ4v) is 1.30. The van der Waals surface area contributed by atoms with Crippen LogP contribution in [0.2, 0.25) is 0 Å². The van der Waals surface area contributed by atoms with Crippen LogP contribution in [0.25, 0.3) is 0 Å². The van der Waals surface area contributed by atoms with Crippen molar-refractivity contribution in [2.24, 2.45) is 0 Å². The van der Waals surface area contributed by atoms with Crippen LogP contribution in [0.1, 0.15) is 31.7 Å². The first kappa shape index (κ1) is 12.2. The summed E-state index contributed by atoms with van der Waals surface area (Å²) in [6, 6.07) is 10.4. The van der Waals surface area contributed by atoms with Crippen molar-refractivity contribution in [1.29, 1.82) is 0 Å². The molecule has 0 saturated heterocycles. The molecule has 1 rings (SSSR count). The number of unbranched alkanes of at least 4 members (excludes halogenated alkanes) is 1. The fourth-order valence-electron chi connectivity index (χ4n) is 1.30. The second-order valence-corrected chi connectivity index (χ2v) is 3.59. The molecule has 0 spiro atoms. The maximum atomic E-state index is 5.06. The third kappa shape index (κ3) is 6.26. The minimum absolute atomic E-state index is 0.679. The van der Waals surface area contributed by atoms with Gasteiger partial charge in [-0.25, -0.2) is 9.78 Å². The van der Waals surface area contributed by atoms with Gasteiger partial charge in [0, 0.05) is 0 Å². The lowest BCUT2D eigenvalue weighted by molar-refractivity contribution is -0.295. The molecule has 2 nitrogen and oxygen atoms in total. The average Bonchev–Trinajstić information content (AvgIpc) is 2.29. The average molecular weight is 208 g/mol. The lowest BCUT2D eigenvalue weighted by Crippen LogP contribution is -1.99. The van der Waals surface area contributed by atoms with Crippen LogP contribution in [0.4, 0.5) is 0 Å². The molecule has 0 amide bonds. The van der Waals surface area contributed by atoms with Gasteiger partial charge in [0.1, 0.15) is 0 Å². The summed E-state index contributed by atoms with van der Waals surface area (Å²) < 4.78 is 0. The molecule has 0 aromatic heterocycles. The van der Waals surface area contributed by atoms with Crippen molar-refractivity contribution in [3.05, 3.63) is 35.9 Å². The second kappa shape index (κ2) is 8.45. The standard InChI is InChI=1S/C13H20O2/c1-2-3-11-14-15-12-7-10-13-8-5-4-6-9-13/h4-6,8-9H,2-3,7,10-12H2,1H3. The summed E-state index contributed by atoms with van der Waals surface area (Å²) in [5.41, 5.74) is 1.36. The first-order chi connectivity index (χ1) is 7.43. The highest BCUT2D eigenvalue weighted by Crippen LogP contribution is 2.02. The summed E-state index contributed by atoms with van der Waals surface area (Å²) >= 11 is 0. The van der Waals surface area contributed by atoms with Gasteiger partial charge in [-0.05, 0) is 24.8 Å². The summed E-state index contributed by atoms with van der Waals surface area (Å²) in [4.78, 5) is 10.1. The molecule has 15 heavy (non-hydrogen) atoms. The van der Waals surface area contributed by atoms with Gasteiger partial charge in [-0.15, -0.1) is 0 Å². The molecule has 1 aromatic carbocycles. The molecule has 2 heteroatoms. The molecule has 0 bridgehead atoms. The van der Waals surface area contributed by atoms with E-state index >= 15 is 0 Å². The normalized spacial score (nSPS) is 10.5. The van der Waals surface area contributed by atoms with E-state index in [1.165, 1.54) is 5.56 Å². The quantitative estimate of drug-likeness (QED) is 0.370. The first-order valence-corrected chi connectivity index (χ1v) is 5.72. The molecule has 0 aliphatic rings. The monoisotopic (exact) mass is 208 g/mol. The molecule has 0 unspecified atom stereocenters. The molecule has 0 fully saturated rings. The summed E-state index contributed by atoms with van der Waals surface area (Å²) in [5, 5.41) is 0. The van der Waals surface area contributed by atoms with Crippen LogP contribution >= 0.6 is 0 Å². The zero-order valence-electron chi connectivity index (χ0n) is 9.45. The number of hydrogen-bond donors (Lipinski definition) is 0. The van der Waals surface area contributed by atoms with Crippen LogP contribution < -0.4 is 0 Å². The summed E-state index contributed by atoms with van der Waals surface area (Å²) in [5.74, 6) is 0. The van der Waals surface area contributed by atoms with Crippen molar-refractivity contribution in [1.82, 2.24) is 0 Å². The molecule has 0 heterocycles. The van der Waals surface area contributed by atoms with Crippen LogP contribution in [-0.4, -0.2) is 13.2 Å². The van der Waals surface area contributed by atoms with E-state index in [1.54, 1.807) is 0 Å². The van der Waals surface area contributed by atoms with Gasteiger partial charge in [0.05, 0.1) is 13.2 Å². The lowest BCUT2D eigenvalue weighted by Gasteiger charge is -2.03. The van der Waals surface area contributed by atoms with E-state index in [1.807, 2.05) is 6.07 Å².